The third kappa shape index (κ3) is 1.95. The molecule has 16 heavy (non-hydrogen) atoms. The standard InChI is InChI=1S/C13H8N2.Y/c1-3-10-4-2-7-15-13(10)12(5-1)11-6-8-14-9-11;/h1-4,6-8,14H;/q-2;. The summed E-state index contributed by atoms with van der Waals surface area (Å²) >= 11 is 0. The minimum absolute atomic E-state index is 0. The second kappa shape index (κ2) is 4.90. The van der Waals surface area contributed by atoms with Crippen LogP contribution >= 0.6 is 0 Å². The Hall–Kier alpha value is -0.986. The molecule has 2 heterocycles. The van der Waals surface area contributed by atoms with E-state index in [2.05, 4.69) is 22.2 Å². The smallest absolute Gasteiger partial charge is 0.0151 e. The van der Waals surface area contributed by atoms with Crippen molar-refractivity contribution in [2.24, 2.45) is 0 Å². The monoisotopic (exact) mass is 281 g/mol. The van der Waals surface area contributed by atoms with Crippen LogP contribution in [0.1, 0.15) is 0 Å². The molecule has 1 N–H and O–H groups in total. The summed E-state index contributed by atoms with van der Waals surface area (Å²) in [7, 11) is 0. The van der Waals surface area contributed by atoms with Crippen LogP contribution in [0, 0.1) is 12.3 Å². The van der Waals surface area contributed by atoms with Gasteiger partial charge >= 0.3 is 0 Å². The van der Waals surface area contributed by atoms with Gasteiger partial charge in [0.15, 0.2) is 0 Å². The first kappa shape index (κ1) is 11.5. The van der Waals surface area contributed by atoms with Crippen molar-refractivity contribution < 1.29 is 32.7 Å². The van der Waals surface area contributed by atoms with E-state index in [-0.39, 0.29) is 32.7 Å². The quantitative estimate of drug-likeness (QED) is 0.683. The maximum absolute atomic E-state index is 4.37. The molecule has 3 heteroatoms. The van der Waals surface area contributed by atoms with Crippen LogP contribution in [0.3, 0.4) is 0 Å². The SMILES string of the molecule is [Y].[c-]1[nH]ccc1-c1[c-]ccc2cccnc12. The van der Waals surface area contributed by atoms with Crippen LogP contribution in [-0.4, -0.2) is 9.97 Å². The molecule has 75 valence electrons. The summed E-state index contributed by atoms with van der Waals surface area (Å²) < 4.78 is 0. The Morgan fingerprint density at radius 2 is 2.12 bits per heavy atom. The van der Waals surface area contributed by atoms with E-state index in [1.165, 1.54) is 0 Å². The molecule has 1 aromatic carbocycles. The number of benzene rings is 1. The van der Waals surface area contributed by atoms with E-state index in [0.717, 1.165) is 22.0 Å². The van der Waals surface area contributed by atoms with Gasteiger partial charge in [-0.3, -0.25) is 0 Å². The summed E-state index contributed by atoms with van der Waals surface area (Å²) in [5.41, 5.74) is 2.96. The summed E-state index contributed by atoms with van der Waals surface area (Å²) in [6.07, 6.45) is 6.70. The van der Waals surface area contributed by atoms with Gasteiger partial charge in [-0.05, 0) is 6.07 Å². The minimum Gasteiger partial charge on any atom is -0.462 e. The molecule has 0 aliphatic carbocycles. The van der Waals surface area contributed by atoms with Gasteiger partial charge in [-0.1, -0.05) is 17.0 Å². The maximum Gasteiger partial charge on any atom is 0.0151 e. The van der Waals surface area contributed by atoms with E-state index >= 15 is 0 Å². The number of aromatic amines is 1. The average Bonchev–Trinajstić information content (AvgIpc) is 2.82. The third-order valence-corrected chi connectivity index (χ3v) is 2.38. The first-order valence-corrected chi connectivity index (χ1v) is 4.76. The predicted molar refractivity (Wildman–Crippen MR) is 59.2 cm³/mol. The van der Waals surface area contributed by atoms with E-state index in [4.69, 9.17) is 0 Å². The molecule has 0 spiro atoms. The summed E-state index contributed by atoms with van der Waals surface area (Å²) in [4.78, 5) is 7.29. The van der Waals surface area contributed by atoms with Crippen LogP contribution < -0.4 is 0 Å². The Bertz CT molecular complexity index is 582. The maximum atomic E-state index is 4.37. The Labute approximate surface area is 119 Å². The molecule has 0 bridgehead atoms. The second-order valence-electron chi connectivity index (χ2n) is 3.31. The van der Waals surface area contributed by atoms with E-state index in [9.17, 15) is 0 Å². The minimum atomic E-state index is 0. The molecule has 0 aliphatic rings. The normalized spacial score (nSPS) is 10.0. The van der Waals surface area contributed by atoms with Crippen molar-refractivity contribution in [2.45, 2.75) is 0 Å². The Morgan fingerprint density at radius 1 is 1.19 bits per heavy atom. The first-order valence-electron chi connectivity index (χ1n) is 4.76. The summed E-state index contributed by atoms with van der Waals surface area (Å²) in [6.45, 7) is 0. The Morgan fingerprint density at radius 3 is 2.94 bits per heavy atom. The van der Waals surface area contributed by atoms with Gasteiger partial charge in [0.1, 0.15) is 0 Å². The molecule has 0 fully saturated rings. The fourth-order valence-electron chi connectivity index (χ4n) is 1.68. The van der Waals surface area contributed by atoms with Crippen molar-refractivity contribution in [2.75, 3.05) is 0 Å². The fourth-order valence-corrected chi connectivity index (χ4v) is 1.68. The zero-order valence-corrected chi connectivity index (χ0v) is 11.4. The number of rotatable bonds is 1. The third-order valence-electron chi connectivity index (χ3n) is 2.38. The predicted octanol–water partition coefficient (Wildman–Crippen LogP) is 2.83. The van der Waals surface area contributed by atoms with Crippen molar-refractivity contribution >= 4 is 10.9 Å². The molecule has 3 aromatic rings. The first-order chi connectivity index (χ1) is 7.45. The largest absolute Gasteiger partial charge is 0.462 e. The average molecular weight is 281 g/mol. The zero-order valence-electron chi connectivity index (χ0n) is 8.57. The number of hydrogen-bond acceptors (Lipinski definition) is 1. The fraction of sp³-hybridized carbons (Fsp3) is 0. The molecular formula is C13H8N2Y-2. The van der Waals surface area contributed by atoms with E-state index in [0.29, 0.717) is 0 Å². The zero-order chi connectivity index (χ0) is 10.1. The van der Waals surface area contributed by atoms with Crippen LogP contribution in [-0.2, 0) is 32.7 Å². The van der Waals surface area contributed by atoms with Crippen molar-refractivity contribution in [3.05, 3.63) is 55.0 Å². The van der Waals surface area contributed by atoms with Crippen LogP contribution in [0.5, 0.6) is 0 Å². The van der Waals surface area contributed by atoms with Gasteiger partial charge in [0.2, 0.25) is 0 Å². The van der Waals surface area contributed by atoms with Crippen LogP contribution in [0.2, 0.25) is 0 Å². The van der Waals surface area contributed by atoms with Crippen molar-refractivity contribution in [1.82, 2.24) is 9.97 Å². The van der Waals surface area contributed by atoms with E-state index < -0.39 is 0 Å². The van der Waals surface area contributed by atoms with Crippen LogP contribution in [0.25, 0.3) is 22.0 Å². The molecule has 2 aromatic heterocycles. The summed E-state index contributed by atoms with van der Waals surface area (Å²) in [5.74, 6) is 0. The van der Waals surface area contributed by atoms with Gasteiger partial charge in [0, 0.05) is 38.9 Å². The van der Waals surface area contributed by atoms with Gasteiger partial charge in [0.25, 0.3) is 0 Å². The number of aromatic nitrogens is 2. The molecule has 0 saturated carbocycles. The second-order valence-corrected chi connectivity index (χ2v) is 3.31. The Balaban J connectivity index is 0.000000963. The van der Waals surface area contributed by atoms with E-state index in [1.54, 1.807) is 6.20 Å². The van der Waals surface area contributed by atoms with Crippen molar-refractivity contribution in [3.8, 4) is 11.1 Å². The number of nitrogens with zero attached hydrogens (tertiary/aromatic N) is 1. The van der Waals surface area contributed by atoms with Gasteiger partial charge in [0.05, 0.1) is 0 Å². The number of pyridine rings is 1. The number of nitrogens with one attached hydrogen (secondary N) is 1. The van der Waals surface area contributed by atoms with Crippen molar-refractivity contribution in [1.29, 1.82) is 0 Å². The van der Waals surface area contributed by atoms with Gasteiger partial charge < -0.3 is 9.97 Å². The topological polar surface area (TPSA) is 28.7 Å². The Kier molecular flexibility index (Phi) is 3.52. The molecule has 0 saturated heterocycles. The number of fused-ring (bicyclic) bond motifs is 1. The van der Waals surface area contributed by atoms with Gasteiger partial charge in [-0.15, -0.1) is 18.5 Å². The summed E-state index contributed by atoms with van der Waals surface area (Å²) in [5, 5.41) is 1.13. The molecule has 0 atom stereocenters. The number of H-pyrrole nitrogens is 1. The molecule has 0 aliphatic heterocycles. The summed E-state index contributed by atoms with van der Waals surface area (Å²) in [6, 6.07) is 13.1. The van der Waals surface area contributed by atoms with Gasteiger partial charge in [-0.2, -0.15) is 17.7 Å². The number of hydrogen-bond donors (Lipinski definition) is 1. The van der Waals surface area contributed by atoms with Gasteiger partial charge in [-0.25, -0.2) is 11.6 Å². The molecule has 2 nitrogen and oxygen atoms in total. The molecule has 1 radical (unpaired) electrons. The van der Waals surface area contributed by atoms with Crippen molar-refractivity contribution in [3.63, 3.8) is 0 Å². The van der Waals surface area contributed by atoms with Crippen LogP contribution in [0.4, 0.5) is 0 Å². The molecular weight excluding hydrogens is 273 g/mol. The molecule has 0 unspecified atom stereocenters. The molecule has 0 amide bonds. The van der Waals surface area contributed by atoms with Crippen LogP contribution in [0.15, 0.2) is 42.7 Å². The molecule has 3 rings (SSSR count). The van der Waals surface area contributed by atoms with E-state index in [1.807, 2.05) is 36.5 Å².